The van der Waals surface area contributed by atoms with Gasteiger partial charge in [-0.25, -0.2) is 9.78 Å². The Morgan fingerprint density at radius 3 is 2.57 bits per heavy atom. The average Bonchev–Trinajstić information content (AvgIpc) is 2.43. The van der Waals surface area contributed by atoms with E-state index in [9.17, 15) is 9.59 Å². The zero-order valence-corrected chi connectivity index (χ0v) is 13.3. The van der Waals surface area contributed by atoms with Gasteiger partial charge in [0.1, 0.15) is 5.15 Å². The van der Waals surface area contributed by atoms with E-state index in [0.29, 0.717) is 4.47 Å². The lowest BCUT2D eigenvalue weighted by atomic mass is 10.1. The van der Waals surface area contributed by atoms with Gasteiger partial charge in [0.25, 0.3) is 5.91 Å². The van der Waals surface area contributed by atoms with E-state index in [4.69, 9.17) is 28.3 Å². The minimum absolute atomic E-state index is 0.0472. The van der Waals surface area contributed by atoms with Crippen LogP contribution in [0.4, 0.5) is 5.69 Å². The number of anilines is 1. The van der Waals surface area contributed by atoms with Gasteiger partial charge >= 0.3 is 5.97 Å². The van der Waals surface area contributed by atoms with Crippen LogP contribution >= 0.6 is 39.1 Å². The van der Waals surface area contributed by atoms with E-state index in [1.165, 1.54) is 24.4 Å². The number of hydrogen-bond donors (Lipinski definition) is 2. The standard InChI is InChI=1S/C13H7BrCl2N2O3/c14-6-1-2-10(8(3-6)13(20)21)18-12(19)7-4-11(16)17-5-9(7)15/h1-5H,(H,18,19)(H,20,21). The van der Waals surface area contributed by atoms with Crippen molar-refractivity contribution in [2.45, 2.75) is 0 Å². The van der Waals surface area contributed by atoms with Crippen molar-refractivity contribution in [2.75, 3.05) is 5.32 Å². The molecule has 2 rings (SSSR count). The van der Waals surface area contributed by atoms with E-state index < -0.39 is 11.9 Å². The molecule has 0 bridgehead atoms. The summed E-state index contributed by atoms with van der Waals surface area (Å²) in [5.74, 6) is -1.74. The Labute approximate surface area is 138 Å². The van der Waals surface area contributed by atoms with Crippen LogP contribution in [-0.4, -0.2) is 22.0 Å². The molecule has 0 unspecified atom stereocenters. The maximum absolute atomic E-state index is 12.2. The Morgan fingerprint density at radius 2 is 1.90 bits per heavy atom. The van der Waals surface area contributed by atoms with Crippen LogP contribution in [0, 0.1) is 0 Å². The van der Waals surface area contributed by atoms with Gasteiger partial charge in [-0.1, -0.05) is 39.1 Å². The van der Waals surface area contributed by atoms with Gasteiger partial charge in [0.2, 0.25) is 0 Å². The lowest BCUT2D eigenvalue weighted by Gasteiger charge is -2.10. The normalized spacial score (nSPS) is 10.2. The molecule has 2 N–H and O–H groups in total. The number of pyridine rings is 1. The van der Waals surface area contributed by atoms with Crippen molar-refractivity contribution >= 4 is 56.7 Å². The summed E-state index contributed by atoms with van der Waals surface area (Å²) in [6, 6.07) is 5.78. The molecule has 0 spiro atoms. The SMILES string of the molecule is O=C(Nc1ccc(Br)cc1C(=O)O)c1cc(Cl)ncc1Cl. The molecule has 108 valence electrons. The Morgan fingerprint density at radius 1 is 1.19 bits per heavy atom. The van der Waals surface area contributed by atoms with Crippen LogP contribution in [0.2, 0.25) is 10.2 Å². The molecule has 0 saturated carbocycles. The van der Waals surface area contributed by atoms with Crippen molar-refractivity contribution in [1.29, 1.82) is 0 Å². The highest BCUT2D eigenvalue weighted by Crippen LogP contribution is 2.24. The number of aromatic nitrogens is 1. The van der Waals surface area contributed by atoms with Crippen LogP contribution in [0.25, 0.3) is 0 Å². The topological polar surface area (TPSA) is 79.3 Å². The summed E-state index contributed by atoms with van der Waals surface area (Å²) in [4.78, 5) is 27.1. The maximum atomic E-state index is 12.2. The van der Waals surface area contributed by atoms with E-state index in [2.05, 4.69) is 26.2 Å². The van der Waals surface area contributed by atoms with Crippen LogP contribution in [0.1, 0.15) is 20.7 Å². The average molecular weight is 390 g/mol. The molecule has 21 heavy (non-hydrogen) atoms. The summed E-state index contributed by atoms with van der Waals surface area (Å²) < 4.78 is 0.586. The van der Waals surface area contributed by atoms with Gasteiger partial charge in [0.05, 0.1) is 21.8 Å². The van der Waals surface area contributed by atoms with Crippen molar-refractivity contribution in [3.05, 3.63) is 56.2 Å². The molecule has 0 saturated heterocycles. The minimum Gasteiger partial charge on any atom is -0.478 e. The van der Waals surface area contributed by atoms with Gasteiger partial charge in [-0.2, -0.15) is 0 Å². The Bertz CT molecular complexity index is 737. The second-order valence-electron chi connectivity index (χ2n) is 3.94. The largest absolute Gasteiger partial charge is 0.478 e. The zero-order chi connectivity index (χ0) is 15.6. The molecule has 1 amide bonds. The van der Waals surface area contributed by atoms with Crippen LogP contribution in [0.15, 0.2) is 34.9 Å². The third-order valence-electron chi connectivity index (χ3n) is 2.53. The molecule has 1 aromatic heterocycles. The summed E-state index contributed by atoms with van der Waals surface area (Å²) in [5.41, 5.74) is 0.213. The number of carbonyl (C=O) groups excluding carboxylic acids is 1. The number of aromatic carboxylic acids is 1. The quantitative estimate of drug-likeness (QED) is 0.774. The smallest absolute Gasteiger partial charge is 0.337 e. The molecule has 0 aliphatic carbocycles. The molecule has 0 aliphatic rings. The number of carboxylic acids is 1. The number of halogens is 3. The highest BCUT2D eigenvalue weighted by molar-refractivity contribution is 9.10. The Hall–Kier alpha value is -1.63. The number of hydrogen-bond acceptors (Lipinski definition) is 3. The van der Waals surface area contributed by atoms with Crippen molar-refractivity contribution in [1.82, 2.24) is 4.98 Å². The molecular weight excluding hydrogens is 383 g/mol. The summed E-state index contributed by atoms with van der Waals surface area (Å²) in [7, 11) is 0. The fourth-order valence-electron chi connectivity index (χ4n) is 1.58. The van der Waals surface area contributed by atoms with Crippen LogP contribution < -0.4 is 5.32 Å². The second-order valence-corrected chi connectivity index (χ2v) is 5.65. The molecule has 2 aromatic rings. The van der Waals surface area contributed by atoms with Crippen LogP contribution in [0.5, 0.6) is 0 Å². The predicted molar refractivity (Wildman–Crippen MR) is 83.3 cm³/mol. The first-order valence-corrected chi connectivity index (χ1v) is 7.08. The molecule has 5 nitrogen and oxygen atoms in total. The first kappa shape index (κ1) is 15.8. The van der Waals surface area contributed by atoms with Crippen molar-refractivity contribution in [3.8, 4) is 0 Å². The van der Waals surface area contributed by atoms with Gasteiger partial charge < -0.3 is 10.4 Å². The Balaban J connectivity index is 2.36. The zero-order valence-electron chi connectivity index (χ0n) is 10.2. The van der Waals surface area contributed by atoms with Gasteiger partial charge in [0, 0.05) is 10.7 Å². The van der Waals surface area contributed by atoms with Gasteiger partial charge in [-0.15, -0.1) is 0 Å². The first-order chi connectivity index (χ1) is 9.88. The predicted octanol–water partition coefficient (Wildman–Crippen LogP) is 4.10. The molecule has 8 heteroatoms. The van der Waals surface area contributed by atoms with E-state index in [-0.39, 0.29) is 27.0 Å². The van der Waals surface area contributed by atoms with Crippen molar-refractivity contribution < 1.29 is 14.7 Å². The fraction of sp³-hybridized carbons (Fsp3) is 0. The molecule has 0 radical (unpaired) electrons. The van der Waals surface area contributed by atoms with E-state index in [1.54, 1.807) is 6.07 Å². The van der Waals surface area contributed by atoms with E-state index in [1.807, 2.05) is 0 Å². The molecule has 1 aromatic carbocycles. The number of amides is 1. The summed E-state index contributed by atoms with van der Waals surface area (Å²) in [6.07, 6.45) is 1.25. The number of benzene rings is 1. The van der Waals surface area contributed by atoms with Gasteiger partial charge in [-0.05, 0) is 24.3 Å². The van der Waals surface area contributed by atoms with Gasteiger partial charge in [0.15, 0.2) is 0 Å². The lowest BCUT2D eigenvalue weighted by molar-refractivity contribution is 0.0698. The van der Waals surface area contributed by atoms with Crippen LogP contribution in [-0.2, 0) is 0 Å². The highest BCUT2D eigenvalue weighted by atomic mass is 79.9. The molecule has 0 fully saturated rings. The molecule has 0 aliphatic heterocycles. The number of carbonyl (C=O) groups is 2. The monoisotopic (exact) mass is 388 g/mol. The second kappa shape index (κ2) is 6.43. The van der Waals surface area contributed by atoms with Gasteiger partial charge in [-0.3, -0.25) is 4.79 Å². The van der Waals surface area contributed by atoms with E-state index >= 15 is 0 Å². The molecule has 0 atom stereocenters. The lowest BCUT2D eigenvalue weighted by Crippen LogP contribution is -2.15. The maximum Gasteiger partial charge on any atom is 0.337 e. The van der Waals surface area contributed by atoms with Crippen molar-refractivity contribution in [2.24, 2.45) is 0 Å². The minimum atomic E-state index is -1.16. The van der Waals surface area contributed by atoms with Crippen molar-refractivity contribution in [3.63, 3.8) is 0 Å². The summed E-state index contributed by atoms with van der Waals surface area (Å²) in [5, 5.41) is 11.9. The van der Waals surface area contributed by atoms with Crippen LogP contribution in [0.3, 0.4) is 0 Å². The number of nitrogens with one attached hydrogen (secondary N) is 1. The summed E-state index contributed by atoms with van der Waals surface area (Å²) >= 11 is 14.8. The number of nitrogens with zero attached hydrogens (tertiary/aromatic N) is 1. The highest BCUT2D eigenvalue weighted by Gasteiger charge is 2.16. The third-order valence-corrected chi connectivity index (χ3v) is 3.53. The van der Waals surface area contributed by atoms with E-state index in [0.717, 1.165) is 0 Å². The number of rotatable bonds is 3. The first-order valence-electron chi connectivity index (χ1n) is 5.53. The fourth-order valence-corrected chi connectivity index (χ4v) is 2.29. The third kappa shape index (κ3) is 3.72. The Kier molecular flexibility index (Phi) is 4.82. The molecular formula is C13H7BrCl2N2O3. The number of carboxylic acid groups (broad SMARTS) is 1. The summed E-state index contributed by atoms with van der Waals surface area (Å²) in [6.45, 7) is 0. The molecule has 1 heterocycles.